The molecule has 0 amide bonds. The van der Waals surface area contributed by atoms with Crippen LogP contribution in [0, 0.1) is 0 Å². The normalized spacial score (nSPS) is 11.1. The van der Waals surface area contributed by atoms with Gasteiger partial charge in [0, 0.05) is 22.3 Å². The highest BCUT2D eigenvalue weighted by Gasteiger charge is 2.15. The van der Waals surface area contributed by atoms with Gasteiger partial charge < -0.3 is 10.1 Å². The van der Waals surface area contributed by atoms with Crippen LogP contribution in [-0.2, 0) is 0 Å². The Labute approximate surface area is 154 Å². The van der Waals surface area contributed by atoms with Gasteiger partial charge in [0.15, 0.2) is 17.4 Å². The van der Waals surface area contributed by atoms with Gasteiger partial charge in [-0.2, -0.15) is 0 Å². The van der Waals surface area contributed by atoms with Crippen LogP contribution in [0.4, 0.5) is 15.9 Å². The number of hydrogen-bond donors (Lipinski definition) is 1. The van der Waals surface area contributed by atoms with Crippen molar-refractivity contribution in [1.82, 2.24) is 15.0 Å². The van der Waals surface area contributed by atoms with E-state index in [0.717, 1.165) is 10.6 Å². The van der Waals surface area contributed by atoms with E-state index in [9.17, 15) is 4.39 Å². The van der Waals surface area contributed by atoms with Crippen LogP contribution in [0.1, 0.15) is 5.82 Å². The number of rotatable bonds is 7. The molecule has 0 radical (unpaired) electrons. The Morgan fingerprint density at radius 3 is 2.76 bits per heavy atom. The van der Waals surface area contributed by atoms with Crippen molar-refractivity contribution in [3.05, 3.63) is 60.6 Å². The van der Waals surface area contributed by atoms with Crippen LogP contribution >= 0.6 is 23.4 Å². The molecule has 0 fully saturated rings. The molecule has 0 aliphatic heterocycles. The first-order valence-corrected chi connectivity index (χ1v) is 8.63. The molecule has 0 aliphatic carbocycles. The quantitative estimate of drug-likeness (QED) is 0.542. The average Bonchev–Trinajstić information content (AvgIpc) is 2.59. The molecule has 0 unspecified atom stereocenters. The van der Waals surface area contributed by atoms with E-state index in [4.69, 9.17) is 16.3 Å². The fourth-order valence-electron chi connectivity index (χ4n) is 1.93. The van der Waals surface area contributed by atoms with E-state index < -0.39 is 5.83 Å². The number of hydrogen-bond acceptors (Lipinski definition) is 6. The smallest absolute Gasteiger partial charge is 0.179 e. The van der Waals surface area contributed by atoms with Gasteiger partial charge in [-0.05, 0) is 18.4 Å². The second kappa shape index (κ2) is 8.64. The minimum Gasteiger partial charge on any atom is -0.491 e. The molecular formula is C17H16ClFN4OS. The van der Waals surface area contributed by atoms with Gasteiger partial charge in [0.2, 0.25) is 0 Å². The zero-order chi connectivity index (χ0) is 18.4. The maximum Gasteiger partial charge on any atom is 0.179 e. The number of ether oxygens (including phenoxy) is 1. The number of nitrogens with zero attached hydrogens (tertiary/aromatic N) is 3. The van der Waals surface area contributed by atoms with Crippen LogP contribution in [-0.4, -0.2) is 28.3 Å². The van der Waals surface area contributed by atoms with Crippen LogP contribution < -0.4 is 10.1 Å². The fraction of sp³-hybridized carbons (Fsp3) is 0.118. The minimum absolute atomic E-state index is 0.0468. The summed E-state index contributed by atoms with van der Waals surface area (Å²) in [5.74, 6) is 0.173. The molecule has 0 spiro atoms. The molecule has 8 heteroatoms. The lowest BCUT2D eigenvalue weighted by molar-refractivity contribution is 0.413. The highest BCUT2D eigenvalue weighted by Crippen LogP contribution is 2.32. The first kappa shape index (κ1) is 19.0. The topological polar surface area (TPSA) is 59.9 Å². The van der Waals surface area contributed by atoms with Crippen molar-refractivity contribution >= 4 is 40.4 Å². The molecule has 1 N–H and O–H groups in total. The number of anilines is 2. The second-order valence-electron chi connectivity index (χ2n) is 4.72. The van der Waals surface area contributed by atoms with Gasteiger partial charge in [-0.1, -0.05) is 24.8 Å². The van der Waals surface area contributed by atoms with Crippen LogP contribution in [0.25, 0.3) is 5.57 Å². The van der Waals surface area contributed by atoms with E-state index in [-0.39, 0.29) is 16.4 Å². The molecule has 0 saturated heterocycles. The van der Waals surface area contributed by atoms with E-state index in [1.807, 2.05) is 6.26 Å². The lowest BCUT2D eigenvalue weighted by atomic mass is 10.2. The van der Waals surface area contributed by atoms with Crippen LogP contribution in [0.3, 0.4) is 0 Å². The number of nitrogens with one attached hydrogen (secondary N) is 1. The van der Waals surface area contributed by atoms with Crippen LogP contribution in [0.2, 0.25) is 0 Å². The zero-order valence-electron chi connectivity index (χ0n) is 13.7. The van der Waals surface area contributed by atoms with Crippen LogP contribution in [0.15, 0.2) is 59.6 Å². The maximum absolute atomic E-state index is 13.8. The van der Waals surface area contributed by atoms with E-state index in [1.54, 1.807) is 18.5 Å². The molecule has 25 heavy (non-hydrogen) atoms. The lowest BCUT2D eigenvalue weighted by Gasteiger charge is -2.13. The first-order chi connectivity index (χ1) is 12.0. The van der Waals surface area contributed by atoms with Crippen molar-refractivity contribution in [3.63, 3.8) is 0 Å². The van der Waals surface area contributed by atoms with Crippen molar-refractivity contribution in [1.29, 1.82) is 0 Å². The molecule has 0 aliphatic rings. The molecule has 2 aromatic heterocycles. The third kappa shape index (κ3) is 4.80. The monoisotopic (exact) mass is 378 g/mol. The molecule has 0 saturated carbocycles. The predicted molar refractivity (Wildman–Crippen MR) is 101 cm³/mol. The average molecular weight is 379 g/mol. The summed E-state index contributed by atoms with van der Waals surface area (Å²) in [5.41, 5.74) is 0.835. The first-order valence-electron chi connectivity index (χ1n) is 7.03. The Bertz CT molecular complexity index is 841. The summed E-state index contributed by atoms with van der Waals surface area (Å²) in [5, 5.41) is 3.30. The second-order valence-corrected chi connectivity index (χ2v) is 6.05. The number of allylic oxidation sites excluding steroid dienone is 4. The van der Waals surface area contributed by atoms with Crippen molar-refractivity contribution < 1.29 is 9.13 Å². The third-order valence-electron chi connectivity index (χ3n) is 3.07. The van der Waals surface area contributed by atoms with Crippen molar-refractivity contribution in [2.45, 2.75) is 4.90 Å². The zero-order valence-corrected chi connectivity index (χ0v) is 15.3. The minimum atomic E-state index is -0.716. The van der Waals surface area contributed by atoms with E-state index in [1.165, 1.54) is 31.1 Å². The number of methoxy groups -OCH3 is 1. The fourth-order valence-corrected chi connectivity index (χ4v) is 2.55. The summed E-state index contributed by atoms with van der Waals surface area (Å²) < 4.78 is 19.0. The molecule has 130 valence electrons. The molecule has 0 aromatic carbocycles. The van der Waals surface area contributed by atoms with Crippen molar-refractivity contribution in [2.24, 2.45) is 0 Å². The molecule has 2 aromatic rings. The standard InChI is InChI=1S/C17H16ClFN4OS/c1-10(18)7-12(11(2)19)16-21-8-14(24-3)17(23-16)22-13-5-6-20-9-15(13)25-4/h5-9H,1-2H2,3-4H3,(H,20,21,22,23)/b12-7+. The Morgan fingerprint density at radius 2 is 2.16 bits per heavy atom. The highest BCUT2D eigenvalue weighted by atomic mass is 35.5. The predicted octanol–water partition coefficient (Wildman–Crippen LogP) is 4.96. The van der Waals surface area contributed by atoms with Gasteiger partial charge in [0.1, 0.15) is 5.83 Å². The Kier molecular flexibility index (Phi) is 6.55. The molecule has 2 heterocycles. The third-order valence-corrected chi connectivity index (χ3v) is 3.94. The summed E-state index contributed by atoms with van der Waals surface area (Å²) in [6, 6.07) is 1.80. The van der Waals surface area contributed by atoms with Gasteiger partial charge in [-0.3, -0.25) is 4.98 Å². The number of halogens is 2. The molecule has 0 bridgehead atoms. The number of thioether (sulfide) groups is 1. The summed E-state index contributed by atoms with van der Waals surface area (Å²) in [6.45, 7) is 6.82. The molecule has 0 atom stereocenters. The van der Waals surface area contributed by atoms with E-state index in [2.05, 4.69) is 33.4 Å². The van der Waals surface area contributed by atoms with Gasteiger partial charge in [-0.15, -0.1) is 11.8 Å². The van der Waals surface area contributed by atoms with Gasteiger partial charge in [0.25, 0.3) is 0 Å². The number of pyridine rings is 1. The van der Waals surface area contributed by atoms with E-state index >= 15 is 0 Å². The Balaban J connectivity index is 2.50. The van der Waals surface area contributed by atoms with Crippen molar-refractivity contribution in [3.8, 4) is 5.75 Å². The summed E-state index contributed by atoms with van der Waals surface area (Å²) in [6.07, 6.45) is 8.08. The van der Waals surface area contributed by atoms with Gasteiger partial charge in [0.05, 0.1) is 24.6 Å². The highest BCUT2D eigenvalue weighted by molar-refractivity contribution is 7.98. The molecule has 2 rings (SSSR count). The van der Waals surface area contributed by atoms with E-state index in [0.29, 0.717) is 11.6 Å². The molecule has 5 nitrogen and oxygen atoms in total. The van der Waals surface area contributed by atoms with Gasteiger partial charge >= 0.3 is 0 Å². The SMILES string of the molecule is C=C(Cl)/C=C(\C(=C)F)c1ncc(OC)c(Nc2ccncc2SC)n1. The van der Waals surface area contributed by atoms with Crippen molar-refractivity contribution in [2.75, 3.05) is 18.7 Å². The maximum atomic E-state index is 13.8. The number of aromatic nitrogens is 3. The molecular weight excluding hydrogens is 363 g/mol. The summed E-state index contributed by atoms with van der Waals surface area (Å²) in [7, 11) is 1.50. The summed E-state index contributed by atoms with van der Waals surface area (Å²) in [4.78, 5) is 13.5. The largest absolute Gasteiger partial charge is 0.491 e. The van der Waals surface area contributed by atoms with Crippen LogP contribution in [0.5, 0.6) is 5.75 Å². The summed E-state index contributed by atoms with van der Waals surface area (Å²) >= 11 is 7.28. The van der Waals surface area contributed by atoms with Gasteiger partial charge in [-0.25, -0.2) is 14.4 Å². The Morgan fingerprint density at radius 1 is 1.40 bits per heavy atom. The Hall–Kier alpha value is -2.38. The lowest BCUT2D eigenvalue weighted by Crippen LogP contribution is -2.04.